The third kappa shape index (κ3) is 6.90. The number of nitrogens with one attached hydrogen (secondary N) is 1. The molecule has 10 heteroatoms. The molecular weight excluding hydrogens is 470 g/mol. The maximum atomic E-state index is 13.4. The zero-order chi connectivity index (χ0) is 25.4. The normalized spacial score (nSPS) is 11.2. The number of amides is 1. The van der Waals surface area contributed by atoms with E-state index in [1.54, 1.807) is 54.6 Å². The van der Waals surface area contributed by atoms with Crippen LogP contribution in [-0.4, -0.2) is 40.2 Å². The van der Waals surface area contributed by atoms with Gasteiger partial charge in [-0.1, -0.05) is 23.8 Å². The van der Waals surface area contributed by atoms with E-state index < -0.39 is 28.4 Å². The molecule has 3 aromatic carbocycles. The van der Waals surface area contributed by atoms with Gasteiger partial charge in [-0.15, -0.1) is 0 Å². The lowest BCUT2D eigenvalue weighted by Crippen LogP contribution is -2.39. The van der Waals surface area contributed by atoms with E-state index in [0.29, 0.717) is 17.1 Å². The van der Waals surface area contributed by atoms with Crippen LogP contribution >= 0.6 is 0 Å². The van der Waals surface area contributed by atoms with Gasteiger partial charge in [0.05, 0.1) is 23.9 Å². The lowest BCUT2D eigenvalue weighted by atomic mass is 10.2. The number of hydrogen-bond donors (Lipinski definition) is 1. The molecule has 0 saturated carbocycles. The van der Waals surface area contributed by atoms with Crippen molar-refractivity contribution >= 4 is 33.8 Å². The second-order valence-corrected chi connectivity index (χ2v) is 9.34. The molecule has 182 valence electrons. The van der Waals surface area contributed by atoms with Crippen LogP contribution in [0.1, 0.15) is 18.1 Å². The Morgan fingerprint density at radius 3 is 2.31 bits per heavy atom. The Bertz CT molecular complexity index is 1320. The summed E-state index contributed by atoms with van der Waals surface area (Å²) in [5, 5.41) is 3.90. The van der Waals surface area contributed by atoms with E-state index in [-0.39, 0.29) is 10.6 Å². The molecule has 9 nitrogen and oxygen atoms in total. The van der Waals surface area contributed by atoms with Gasteiger partial charge in [0.25, 0.3) is 15.9 Å². The minimum atomic E-state index is -4.06. The lowest BCUT2D eigenvalue weighted by Gasteiger charge is -2.24. The first-order valence-corrected chi connectivity index (χ1v) is 12.0. The first kappa shape index (κ1) is 25.4. The van der Waals surface area contributed by atoms with Gasteiger partial charge in [0, 0.05) is 13.0 Å². The molecule has 0 aliphatic rings. The van der Waals surface area contributed by atoms with E-state index in [0.717, 1.165) is 9.87 Å². The van der Waals surface area contributed by atoms with Crippen LogP contribution in [0.4, 0.5) is 5.69 Å². The van der Waals surface area contributed by atoms with Crippen molar-refractivity contribution < 1.29 is 27.5 Å². The first-order chi connectivity index (χ1) is 16.7. The summed E-state index contributed by atoms with van der Waals surface area (Å²) in [6.07, 6.45) is 1.39. The fourth-order valence-corrected chi connectivity index (χ4v) is 4.46. The van der Waals surface area contributed by atoms with Gasteiger partial charge < -0.3 is 9.47 Å². The number of esters is 1. The molecule has 0 atom stereocenters. The number of methoxy groups -OCH3 is 1. The minimum absolute atomic E-state index is 0.0510. The number of rotatable bonds is 9. The minimum Gasteiger partial charge on any atom is -0.497 e. The van der Waals surface area contributed by atoms with Crippen LogP contribution in [0.15, 0.2) is 82.8 Å². The highest BCUT2D eigenvalue weighted by Gasteiger charge is 2.27. The van der Waals surface area contributed by atoms with Crippen LogP contribution in [0.25, 0.3) is 0 Å². The van der Waals surface area contributed by atoms with Crippen molar-refractivity contribution in [1.29, 1.82) is 0 Å². The molecule has 0 spiro atoms. The van der Waals surface area contributed by atoms with Gasteiger partial charge in [0.15, 0.2) is 0 Å². The highest BCUT2D eigenvalue weighted by molar-refractivity contribution is 7.92. The molecule has 0 fully saturated rings. The Morgan fingerprint density at radius 1 is 1.00 bits per heavy atom. The second kappa shape index (κ2) is 11.3. The molecule has 0 radical (unpaired) electrons. The molecule has 3 aromatic rings. The predicted molar refractivity (Wildman–Crippen MR) is 132 cm³/mol. The van der Waals surface area contributed by atoms with E-state index >= 15 is 0 Å². The molecule has 0 unspecified atom stereocenters. The Balaban J connectivity index is 1.79. The SMILES string of the molecule is COc1cccc(N(CC(=O)N/N=C\c2ccc(OC(C)=O)cc2)S(=O)(=O)c2ccc(C)cc2)c1. The van der Waals surface area contributed by atoms with Gasteiger partial charge in [-0.3, -0.25) is 13.9 Å². The Kier molecular flexibility index (Phi) is 8.21. The summed E-state index contributed by atoms with van der Waals surface area (Å²) < 4.78 is 38.0. The Hall–Kier alpha value is -4.18. The third-order valence-electron chi connectivity index (χ3n) is 4.78. The molecular formula is C25H25N3O6S. The Labute approximate surface area is 204 Å². The van der Waals surface area contributed by atoms with E-state index in [4.69, 9.17) is 9.47 Å². The zero-order valence-electron chi connectivity index (χ0n) is 19.5. The first-order valence-electron chi connectivity index (χ1n) is 10.5. The van der Waals surface area contributed by atoms with Crippen LogP contribution in [0.5, 0.6) is 11.5 Å². The zero-order valence-corrected chi connectivity index (χ0v) is 20.3. The third-order valence-corrected chi connectivity index (χ3v) is 6.57. The molecule has 0 saturated heterocycles. The van der Waals surface area contributed by atoms with Gasteiger partial charge in [-0.25, -0.2) is 13.8 Å². The predicted octanol–water partition coefficient (Wildman–Crippen LogP) is 3.27. The molecule has 1 N–H and O–H groups in total. The highest BCUT2D eigenvalue weighted by atomic mass is 32.2. The summed E-state index contributed by atoms with van der Waals surface area (Å²) >= 11 is 0. The molecule has 0 aliphatic heterocycles. The van der Waals surface area contributed by atoms with Gasteiger partial charge in [-0.05, 0) is 61.0 Å². The summed E-state index contributed by atoms with van der Waals surface area (Å²) in [4.78, 5) is 23.7. The Morgan fingerprint density at radius 2 is 1.69 bits per heavy atom. The van der Waals surface area contributed by atoms with Crippen molar-refractivity contribution in [2.24, 2.45) is 5.10 Å². The van der Waals surface area contributed by atoms with E-state index in [9.17, 15) is 18.0 Å². The lowest BCUT2D eigenvalue weighted by molar-refractivity contribution is -0.131. The van der Waals surface area contributed by atoms with Crippen molar-refractivity contribution in [2.75, 3.05) is 18.0 Å². The molecule has 0 aromatic heterocycles. The molecule has 1 amide bonds. The molecule has 3 rings (SSSR count). The summed E-state index contributed by atoms with van der Waals surface area (Å²) in [6, 6.07) is 19.3. The van der Waals surface area contributed by atoms with E-state index in [1.165, 1.54) is 38.4 Å². The number of hydrogen-bond acceptors (Lipinski definition) is 7. The van der Waals surface area contributed by atoms with Crippen LogP contribution < -0.4 is 19.2 Å². The number of hydrazone groups is 1. The fourth-order valence-electron chi connectivity index (χ4n) is 3.05. The summed E-state index contributed by atoms with van der Waals surface area (Å²) in [7, 11) is -2.59. The number of aryl methyl sites for hydroxylation is 1. The van der Waals surface area contributed by atoms with Crippen LogP contribution in [-0.2, 0) is 19.6 Å². The molecule has 0 aliphatic carbocycles. The maximum Gasteiger partial charge on any atom is 0.308 e. The number of benzene rings is 3. The summed E-state index contributed by atoms with van der Waals surface area (Å²) in [5.41, 5.74) is 4.16. The van der Waals surface area contributed by atoms with Gasteiger partial charge >= 0.3 is 5.97 Å². The number of sulfonamides is 1. The van der Waals surface area contributed by atoms with Crippen LogP contribution in [0.3, 0.4) is 0 Å². The van der Waals surface area contributed by atoms with Crippen molar-refractivity contribution in [1.82, 2.24) is 5.43 Å². The standard InChI is InChI=1S/C25H25N3O6S/c1-18-7-13-24(14-8-18)35(31,32)28(21-5-4-6-23(15-21)33-3)17-25(30)27-26-16-20-9-11-22(12-10-20)34-19(2)29/h4-16H,17H2,1-3H3,(H,27,30)/b26-16-. The van der Waals surface area contributed by atoms with Gasteiger partial charge in [0.1, 0.15) is 18.0 Å². The molecule has 35 heavy (non-hydrogen) atoms. The topological polar surface area (TPSA) is 114 Å². The average Bonchev–Trinajstić information content (AvgIpc) is 2.83. The monoisotopic (exact) mass is 495 g/mol. The van der Waals surface area contributed by atoms with Crippen LogP contribution in [0, 0.1) is 6.92 Å². The van der Waals surface area contributed by atoms with Crippen molar-refractivity contribution in [3.05, 3.63) is 83.9 Å². The number of anilines is 1. The van der Waals surface area contributed by atoms with E-state index in [1.807, 2.05) is 6.92 Å². The highest BCUT2D eigenvalue weighted by Crippen LogP contribution is 2.27. The smallest absolute Gasteiger partial charge is 0.308 e. The van der Waals surface area contributed by atoms with Crippen molar-refractivity contribution in [2.45, 2.75) is 18.7 Å². The number of carbonyl (C=O) groups is 2. The van der Waals surface area contributed by atoms with Crippen molar-refractivity contribution in [3.63, 3.8) is 0 Å². The number of carbonyl (C=O) groups excluding carboxylic acids is 2. The quantitative estimate of drug-likeness (QED) is 0.211. The van der Waals surface area contributed by atoms with Crippen molar-refractivity contribution in [3.8, 4) is 11.5 Å². The summed E-state index contributed by atoms with van der Waals surface area (Å²) in [5.74, 6) is -0.243. The molecule has 0 bridgehead atoms. The van der Waals surface area contributed by atoms with Gasteiger partial charge in [-0.2, -0.15) is 5.10 Å². The average molecular weight is 496 g/mol. The number of nitrogens with zero attached hydrogens (tertiary/aromatic N) is 2. The summed E-state index contributed by atoms with van der Waals surface area (Å²) in [6.45, 7) is 2.65. The molecule has 0 heterocycles. The largest absolute Gasteiger partial charge is 0.497 e. The fraction of sp³-hybridized carbons (Fsp3) is 0.160. The van der Waals surface area contributed by atoms with Crippen LogP contribution in [0.2, 0.25) is 0 Å². The maximum absolute atomic E-state index is 13.4. The second-order valence-electron chi connectivity index (χ2n) is 7.48. The van der Waals surface area contributed by atoms with Gasteiger partial charge in [0.2, 0.25) is 0 Å². The number of ether oxygens (including phenoxy) is 2. The van der Waals surface area contributed by atoms with E-state index in [2.05, 4.69) is 10.5 Å².